The van der Waals surface area contributed by atoms with Gasteiger partial charge in [0.05, 0.1) is 16.9 Å². The summed E-state index contributed by atoms with van der Waals surface area (Å²) in [5.41, 5.74) is 1.70. The van der Waals surface area contributed by atoms with Crippen LogP contribution in [0, 0.1) is 28.4 Å². The van der Waals surface area contributed by atoms with E-state index in [9.17, 15) is 20.2 Å². The molecule has 0 unspecified atom stereocenters. The fourth-order valence-corrected chi connectivity index (χ4v) is 3.67. The molecule has 3 aromatic rings. The van der Waals surface area contributed by atoms with Crippen LogP contribution in [0.2, 0.25) is 0 Å². The molecule has 0 heterocycles. The van der Waals surface area contributed by atoms with Crippen LogP contribution in [0.5, 0.6) is 5.75 Å². The molecule has 32 heavy (non-hydrogen) atoms. The lowest BCUT2D eigenvalue weighted by atomic mass is 10.1. The number of ether oxygens (including phenoxy) is 1. The summed E-state index contributed by atoms with van der Waals surface area (Å²) in [7, 11) is 1.54. The second-order valence-corrected chi connectivity index (χ2v) is 7.87. The van der Waals surface area contributed by atoms with Gasteiger partial charge in [0.15, 0.2) is 0 Å². The van der Waals surface area contributed by atoms with Gasteiger partial charge in [-0.15, -0.1) is 0 Å². The number of carbonyl (C=O) groups is 1. The predicted octanol–water partition coefficient (Wildman–Crippen LogP) is 5.61. The van der Waals surface area contributed by atoms with Crippen molar-refractivity contribution in [1.29, 1.82) is 5.26 Å². The van der Waals surface area contributed by atoms with Crippen molar-refractivity contribution in [2.45, 2.75) is 16.7 Å². The van der Waals surface area contributed by atoms with Crippen molar-refractivity contribution < 1.29 is 14.5 Å². The van der Waals surface area contributed by atoms with Crippen molar-refractivity contribution in [2.24, 2.45) is 0 Å². The molecule has 0 radical (unpaired) electrons. The molecule has 0 spiro atoms. The third kappa shape index (κ3) is 5.74. The lowest BCUT2D eigenvalue weighted by Gasteiger charge is -2.07. The van der Waals surface area contributed by atoms with Gasteiger partial charge in [0.1, 0.15) is 17.4 Å². The van der Waals surface area contributed by atoms with Crippen LogP contribution < -0.4 is 10.1 Å². The van der Waals surface area contributed by atoms with Gasteiger partial charge < -0.3 is 10.1 Å². The van der Waals surface area contributed by atoms with Crippen LogP contribution in [0.15, 0.2) is 82.1 Å². The Morgan fingerprint density at radius 2 is 1.81 bits per heavy atom. The average Bonchev–Trinajstić information content (AvgIpc) is 2.80. The Labute approximate surface area is 189 Å². The third-order valence-corrected chi connectivity index (χ3v) is 5.53. The fourth-order valence-electron chi connectivity index (χ4n) is 2.77. The van der Waals surface area contributed by atoms with E-state index in [1.54, 1.807) is 36.4 Å². The lowest BCUT2D eigenvalue weighted by molar-refractivity contribution is -0.387. The van der Waals surface area contributed by atoms with E-state index in [1.807, 2.05) is 37.3 Å². The quantitative estimate of drug-likeness (QED) is 0.219. The lowest BCUT2D eigenvalue weighted by Crippen LogP contribution is -2.13. The maximum absolute atomic E-state index is 12.5. The summed E-state index contributed by atoms with van der Waals surface area (Å²) in [4.78, 5) is 25.0. The molecule has 0 fully saturated rings. The zero-order chi connectivity index (χ0) is 23.1. The van der Waals surface area contributed by atoms with Crippen molar-refractivity contribution in [3.63, 3.8) is 0 Å². The summed E-state index contributed by atoms with van der Waals surface area (Å²) in [5, 5.41) is 23.7. The molecule has 0 aliphatic heterocycles. The molecule has 7 nitrogen and oxygen atoms in total. The number of aryl methyl sites for hydroxylation is 1. The molecule has 8 heteroatoms. The van der Waals surface area contributed by atoms with Gasteiger partial charge in [0, 0.05) is 16.6 Å². The highest BCUT2D eigenvalue weighted by Gasteiger charge is 2.17. The van der Waals surface area contributed by atoms with E-state index >= 15 is 0 Å². The number of nitro benzene ring substituents is 1. The first kappa shape index (κ1) is 22.6. The largest absolute Gasteiger partial charge is 0.497 e. The van der Waals surface area contributed by atoms with Crippen molar-refractivity contribution >= 4 is 35.1 Å². The van der Waals surface area contributed by atoms with Crippen LogP contribution in [0.25, 0.3) is 6.08 Å². The molecule has 0 aliphatic carbocycles. The fraction of sp³-hybridized carbons (Fsp3) is 0.0833. The summed E-state index contributed by atoms with van der Waals surface area (Å²) in [6.45, 7) is 1.97. The van der Waals surface area contributed by atoms with E-state index in [0.29, 0.717) is 21.9 Å². The van der Waals surface area contributed by atoms with E-state index in [1.165, 1.54) is 31.0 Å². The van der Waals surface area contributed by atoms with Crippen molar-refractivity contribution in [1.82, 2.24) is 0 Å². The second kappa shape index (κ2) is 10.3. The molecule has 0 bridgehead atoms. The Morgan fingerprint density at radius 3 is 2.41 bits per heavy atom. The van der Waals surface area contributed by atoms with E-state index < -0.39 is 10.8 Å². The van der Waals surface area contributed by atoms with E-state index in [4.69, 9.17) is 4.74 Å². The topological polar surface area (TPSA) is 105 Å². The first-order valence-corrected chi connectivity index (χ1v) is 10.3. The van der Waals surface area contributed by atoms with Crippen LogP contribution in [0.3, 0.4) is 0 Å². The molecule has 1 N–H and O–H groups in total. The normalized spacial score (nSPS) is 10.8. The van der Waals surface area contributed by atoms with E-state index in [2.05, 4.69) is 5.32 Å². The van der Waals surface area contributed by atoms with Crippen LogP contribution in [0.1, 0.15) is 11.1 Å². The summed E-state index contributed by atoms with van der Waals surface area (Å²) < 4.78 is 5.07. The van der Waals surface area contributed by atoms with Crippen molar-refractivity contribution in [2.75, 3.05) is 12.4 Å². The maximum atomic E-state index is 12.5. The summed E-state index contributed by atoms with van der Waals surface area (Å²) in [6.07, 6.45) is 1.33. The number of hydrogen-bond acceptors (Lipinski definition) is 6. The molecule has 0 saturated heterocycles. The van der Waals surface area contributed by atoms with Gasteiger partial charge in [-0.3, -0.25) is 14.9 Å². The van der Waals surface area contributed by atoms with Gasteiger partial charge in [-0.1, -0.05) is 35.5 Å². The first-order chi connectivity index (χ1) is 15.4. The van der Waals surface area contributed by atoms with Crippen LogP contribution in [0.4, 0.5) is 11.4 Å². The summed E-state index contributed by atoms with van der Waals surface area (Å²) >= 11 is 1.28. The highest BCUT2D eigenvalue weighted by molar-refractivity contribution is 7.99. The molecule has 3 rings (SSSR count). The van der Waals surface area contributed by atoms with Gasteiger partial charge in [0.25, 0.3) is 11.6 Å². The first-order valence-electron chi connectivity index (χ1n) is 9.50. The van der Waals surface area contributed by atoms with Gasteiger partial charge in [-0.05, 0) is 61.0 Å². The van der Waals surface area contributed by atoms with Gasteiger partial charge in [-0.25, -0.2) is 0 Å². The molecule has 0 saturated carbocycles. The highest BCUT2D eigenvalue weighted by Crippen LogP contribution is 2.35. The number of amides is 1. The predicted molar refractivity (Wildman–Crippen MR) is 124 cm³/mol. The van der Waals surface area contributed by atoms with Crippen LogP contribution >= 0.6 is 11.8 Å². The number of carbonyl (C=O) groups excluding carboxylic acids is 1. The van der Waals surface area contributed by atoms with Gasteiger partial charge >= 0.3 is 0 Å². The minimum atomic E-state index is -0.613. The number of methoxy groups -OCH3 is 1. The maximum Gasteiger partial charge on any atom is 0.283 e. The monoisotopic (exact) mass is 445 g/mol. The Balaban J connectivity index is 1.83. The number of benzene rings is 3. The Bertz CT molecular complexity index is 1210. The average molecular weight is 446 g/mol. The third-order valence-electron chi connectivity index (χ3n) is 4.45. The van der Waals surface area contributed by atoms with Crippen LogP contribution in [-0.4, -0.2) is 17.9 Å². The summed E-state index contributed by atoms with van der Waals surface area (Å²) in [5.74, 6) is 0.0216. The zero-order valence-electron chi connectivity index (χ0n) is 17.4. The van der Waals surface area contributed by atoms with Gasteiger partial charge in [0.2, 0.25) is 0 Å². The SMILES string of the molecule is COc1ccc(NC(=O)C(C#N)=Cc2ccc(Sc3ccc(C)cc3)c([N+](=O)[O-])c2)cc1. The molecule has 0 aliphatic rings. The number of rotatable bonds is 7. The Morgan fingerprint density at radius 1 is 1.12 bits per heavy atom. The second-order valence-electron chi connectivity index (χ2n) is 6.75. The van der Waals surface area contributed by atoms with Crippen LogP contribution in [-0.2, 0) is 4.79 Å². The van der Waals surface area contributed by atoms with E-state index in [-0.39, 0.29) is 11.3 Å². The molecule has 0 aromatic heterocycles. The number of anilines is 1. The number of hydrogen-bond donors (Lipinski definition) is 1. The Kier molecular flexibility index (Phi) is 7.26. The molecule has 3 aromatic carbocycles. The van der Waals surface area contributed by atoms with Crippen molar-refractivity contribution in [3.8, 4) is 11.8 Å². The molecule has 160 valence electrons. The van der Waals surface area contributed by atoms with E-state index in [0.717, 1.165) is 10.5 Å². The molecule has 1 amide bonds. The number of nitriles is 1. The van der Waals surface area contributed by atoms with Crippen molar-refractivity contribution in [3.05, 3.63) is 93.5 Å². The molecular weight excluding hydrogens is 426 g/mol. The zero-order valence-corrected chi connectivity index (χ0v) is 18.2. The molecular formula is C24H19N3O4S. The number of nitrogens with zero attached hydrogens (tertiary/aromatic N) is 2. The minimum Gasteiger partial charge on any atom is -0.497 e. The Hall–Kier alpha value is -4.09. The standard InChI is InChI=1S/C24H19N3O4S/c1-16-3-10-21(11-4-16)32-23-12-5-17(14-22(23)27(29)30)13-18(15-25)24(28)26-19-6-8-20(31-2)9-7-19/h3-14H,1-2H3,(H,26,28). The van der Waals surface area contributed by atoms with Gasteiger partial charge in [-0.2, -0.15) is 5.26 Å². The number of nitrogens with one attached hydrogen (secondary N) is 1. The molecule has 0 atom stereocenters. The minimum absolute atomic E-state index is 0.0998. The summed E-state index contributed by atoms with van der Waals surface area (Å²) in [6, 6.07) is 20.8. The highest BCUT2D eigenvalue weighted by atomic mass is 32.2. The smallest absolute Gasteiger partial charge is 0.283 e. The number of nitro groups is 1.